The van der Waals surface area contributed by atoms with Crippen molar-refractivity contribution in [2.45, 2.75) is 30.9 Å². The van der Waals surface area contributed by atoms with E-state index in [4.69, 9.17) is 5.73 Å². The van der Waals surface area contributed by atoms with E-state index in [1.165, 1.54) is 43.9 Å². The SMILES string of the molecule is Nc1ccc(F)cc1NC(=O)CSC1CCCC1. The van der Waals surface area contributed by atoms with E-state index in [1.807, 2.05) is 0 Å². The maximum atomic E-state index is 13.0. The van der Waals surface area contributed by atoms with E-state index in [0.717, 1.165) is 0 Å². The highest BCUT2D eigenvalue weighted by Gasteiger charge is 2.17. The van der Waals surface area contributed by atoms with Crippen molar-refractivity contribution in [3.05, 3.63) is 24.0 Å². The van der Waals surface area contributed by atoms with Gasteiger partial charge in [0, 0.05) is 5.25 Å². The molecule has 18 heavy (non-hydrogen) atoms. The summed E-state index contributed by atoms with van der Waals surface area (Å²) >= 11 is 1.67. The van der Waals surface area contributed by atoms with E-state index < -0.39 is 5.82 Å². The molecule has 1 aliphatic carbocycles. The van der Waals surface area contributed by atoms with Crippen LogP contribution in [0.2, 0.25) is 0 Å². The molecule has 5 heteroatoms. The van der Waals surface area contributed by atoms with Crippen LogP contribution in [0, 0.1) is 5.82 Å². The Labute approximate surface area is 110 Å². The molecule has 0 spiro atoms. The zero-order chi connectivity index (χ0) is 13.0. The number of hydrogen-bond acceptors (Lipinski definition) is 3. The van der Waals surface area contributed by atoms with Crippen LogP contribution in [0.25, 0.3) is 0 Å². The number of thioether (sulfide) groups is 1. The number of nitrogen functional groups attached to an aromatic ring is 1. The van der Waals surface area contributed by atoms with Crippen molar-refractivity contribution in [3.8, 4) is 0 Å². The van der Waals surface area contributed by atoms with Gasteiger partial charge in [0.2, 0.25) is 5.91 Å². The predicted octanol–water partition coefficient (Wildman–Crippen LogP) is 3.02. The molecule has 1 aromatic rings. The molecule has 1 amide bonds. The normalized spacial score (nSPS) is 15.8. The van der Waals surface area contributed by atoms with E-state index in [0.29, 0.717) is 22.4 Å². The Morgan fingerprint density at radius 3 is 2.89 bits per heavy atom. The van der Waals surface area contributed by atoms with E-state index in [-0.39, 0.29) is 5.91 Å². The minimum absolute atomic E-state index is 0.121. The van der Waals surface area contributed by atoms with Gasteiger partial charge >= 0.3 is 0 Å². The zero-order valence-electron chi connectivity index (χ0n) is 10.1. The molecule has 1 saturated carbocycles. The summed E-state index contributed by atoms with van der Waals surface area (Å²) in [6.07, 6.45) is 4.91. The van der Waals surface area contributed by atoms with Crippen molar-refractivity contribution >= 4 is 29.0 Å². The number of rotatable bonds is 4. The molecule has 3 N–H and O–H groups in total. The third-order valence-corrected chi connectivity index (χ3v) is 4.41. The van der Waals surface area contributed by atoms with Crippen LogP contribution in [0.1, 0.15) is 25.7 Å². The molecule has 0 aromatic heterocycles. The number of carbonyl (C=O) groups is 1. The van der Waals surface area contributed by atoms with Gasteiger partial charge in [-0.25, -0.2) is 4.39 Å². The van der Waals surface area contributed by atoms with Crippen LogP contribution in [0.15, 0.2) is 18.2 Å². The number of carbonyl (C=O) groups excluding carboxylic acids is 1. The van der Waals surface area contributed by atoms with Crippen LogP contribution in [0.4, 0.5) is 15.8 Å². The first-order chi connectivity index (χ1) is 8.65. The number of nitrogens with two attached hydrogens (primary N) is 1. The first-order valence-electron chi connectivity index (χ1n) is 6.11. The quantitative estimate of drug-likeness (QED) is 0.825. The average Bonchev–Trinajstić information content (AvgIpc) is 2.84. The van der Waals surface area contributed by atoms with Gasteiger partial charge in [0.1, 0.15) is 5.82 Å². The molecule has 0 heterocycles. The Kier molecular flexibility index (Phi) is 4.47. The van der Waals surface area contributed by atoms with Gasteiger partial charge in [0.15, 0.2) is 0 Å². The molecule has 1 fully saturated rings. The molecule has 1 aromatic carbocycles. The van der Waals surface area contributed by atoms with E-state index >= 15 is 0 Å². The van der Waals surface area contributed by atoms with Gasteiger partial charge in [-0.05, 0) is 31.0 Å². The number of amides is 1. The van der Waals surface area contributed by atoms with Gasteiger partial charge < -0.3 is 11.1 Å². The van der Waals surface area contributed by atoms with Gasteiger partial charge in [-0.3, -0.25) is 4.79 Å². The Bertz CT molecular complexity index is 433. The fourth-order valence-corrected chi connectivity index (χ4v) is 3.20. The molecule has 0 atom stereocenters. The Morgan fingerprint density at radius 1 is 1.44 bits per heavy atom. The number of hydrogen-bond donors (Lipinski definition) is 2. The first-order valence-corrected chi connectivity index (χ1v) is 7.16. The molecule has 0 unspecified atom stereocenters. The van der Waals surface area contributed by atoms with E-state index in [9.17, 15) is 9.18 Å². The van der Waals surface area contributed by atoms with E-state index in [1.54, 1.807) is 11.8 Å². The summed E-state index contributed by atoms with van der Waals surface area (Å²) in [7, 11) is 0. The lowest BCUT2D eigenvalue weighted by Crippen LogP contribution is -2.16. The summed E-state index contributed by atoms with van der Waals surface area (Å²) in [5, 5.41) is 3.25. The second kappa shape index (κ2) is 6.09. The van der Waals surface area contributed by atoms with Gasteiger partial charge in [0.25, 0.3) is 0 Å². The van der Waals surface area contributed by atoms with Crippen LogP contribution in [0.3, 0.4) is 0 Å². The fraction of sp³-hybridized carbons (Fsp3) is 0.462. The van der Waals surface area contributed by atoms with Crippen LogP contribution in [0.5, 0.6) is 0 Å². The summed E-state index contributed by atoms with van der Waals surface area (Å²) in [6.45, 7) is 0. The molecule has 3 nitrogen and oxygen atoms in total. The van der Waals surface area contributed by atoms with Crippen molar-refractivity contribution in [2.24, 2.45) is 0 Å². The number of anilines is 2. The van der Waals surface area contributed by atoms with E-state index in [2.05, 4.69) is 5.32 Å². The third-order valence-electron chi connectivity index (χ3n) is 3.04. The van der Waals surface area contributed by atoms with Crippen LogP contribution >= 0.6 is 11.8 Å². The molecular formula is C13H17FN2OS. The van der Waals surface area contributed by atoms with Crippen molar-refractivity contribution in [3.63, 3.8) is 0 Å². The lowest BCUT2D eigenvalue weighted by atomic mass is 10.2. The maximum absolute atomic E-state index is 13.0. The van der Waals surface area contributed by atoms with Gasteiger partial charge in [-0.2, -0.15) is 0 Å². The Balaban J connectivity index is 1.84. The molecule has 0 bridgehead atoms. The largest absolute Gasteiger partial charge is 0.397 e. The Hall–Kier alpha value is -1.23. The van der Waals surface area contributed by atoms with Crippen molar-refractivity contribution < 1.29 is 9.18 Å². The summed E-state index contributed by atoms with van der Waals surface area (Å²) in [5.41, 5.74) is 6.41. The Morgan fingerprint density at radius 2 is 2.17 bits per heavy atom. The highest BCUT2D eigenvalue weighted by molar-refractivity contribution is 8.00. The fourth-order valence-electron chi connectivity index (χ4n) is 2.07. The second-order valence-corrected chi connectivity index (χ2v) is 5.79. The van der Waals surface area contributed by atoms with Crippen LogP contribution < -0.4 is 11.1 Å². The second-order valence-electron chi connectivity index (χ2n) is 4.50. The molecule has 0 saturated heterocycles. The maximum Gasteiger partial charge on any atom is 0.234 e. The summed E-state index contributed by atoms with van der Waals surface area (Å²) in [4.78, 5) is 11.7. The van der Waals surface area contributed by atoms with Gasteiger partial charge in [-0.15, -0.1) is 11.8 Å². The van der Waals surface area contributed by atoms with Gasteiger partial charge in [-0.1, -0.05) is 12.8 Å². The average molecular weight is 268 g/mol. The van der Waals surface area contributed by atoms with Crippen molar-refractivity contribution in [2.75, 3.05) is 16.8 Å². The van der Waals surface area contributed by atoms with Crippen LogP contribution in [-0.2, 0) is 4.79 Å². The smallest absolute Gasteiger partial charge is 0.234 e. The molecule has 1 aliphatic rings. The molecular weight excluding hydrogens is 251 g/mol. The lowest BCUT2D eigenvalue weighted by Gasteiger charge is -2.10. The summed E-state index contributed by atoms with van der Waals surface area (Å²) < 4.78 is 13.0. The molecule has 2 rings (SSSR count). The molecule has 0 radical (unpaired) electrons. The zero-order valence-corrected chi connectivity index (χ0v) is 10.9. The lowest BCUT2D eigenvalue weighted by molar-refractivity contribution is -0.113. The van der Waals surface area contributed by atoms with Crippen LogP contribution in [-0.4, -0.2) is 16.9 Å². The highest BCUT2D eigenvalue weighted by Crippen LogP contribution is 2.29. The third kappa shape index (κ3) is 3.63. The summed E-state index contributed by atoms with van der Waals surface area (Å²) in [6, 6.07) is 3.97. The highest BCUT2D eigenvalue weighted by atomic mass is 32.2. The summed E-state index contributed by atoms with van der Waals surface area (Å²) in [5.74, 6) is -0.118. The standard InChI is InChI=1S/C13H17FN2OS/c14-9-5-6-11(15)12(7-9)16-13(17)8-18-10-3-1-2-4-10/h5-7,10H,1-4,8,15H2,(H,16,17). The minimum Gasteiger partial charge on any atom is -0.397 e. The topological polar surface area (TPSA) is 55.1 Å². The minimum atomic E-state index is -0.400. The van der Waals surface area contributed by atoms with Crippen molar-refractivity contribution in [1.82, 2.24) is 0 Å². The monoisotopic (exact) mass is 268 g/mol. The number of benzene rings is 1. The molecule has 98 valence electrons. The number of nitrogens with one attached hydrogen (secondary N) is 1. The number of halogens is 1. The molecule has 0 aliphatic heterocycles. The van der Waals surface area contributed by atoms with Crippen molar-refractivity contribution in [1.29, 1.82) is 0 Å². The van der Waals surface area contributed by atoms with Gasteiger partial charge in [0.05, 0.1) is 17.1 Å². The predicted molar refractivity (Wildman–Crippen MR) is 74.2 cm³/mol. The first kappa shape index (κ1) is 13.2.